The Labute approximate surface area is 122 Å². The second-order valence-electron chi connectivity index (χ2n) is 4.76. The molecule has 1 atom stereocenters. The number of benzene rings is 1. The number of fused-ring (bicyclic) bond motifs is 1. The van der Waals surface area contributed by atoms with E-state index in [1.165, 1.54) is 27.4 Å². The first-order valence-electron chi connectivity index (χ1n) is 6.58. The number of rotatable bonds is 4. The van der Waals surface area contributed by atoms with Crippen LogP contribution in [0.25, 0.3) is 10.9 Å². The number of nitrogens with one attached hydrogen (secondary N) is 1. The first-order chi connectivity index (χ1) is 9.79. The van der Waals surface area contributed by atoms with E-state index in [0.717, 1.165) is 17.6 Å². The smallest absolute Gasteiger partial charge is 0.0772 e. The Morgan fingerprint density at radius 3 is 2.85 bits per heavy atom. The van der Waals surface area contributed by atoms with E-state index in [-0.39, 0.29) is 6.04 Å². The molecule has 0 saturated carbocycles. The van der Waals surface area contributed by atoms with Crippen LogP contribution in [-0.2, 0) is 6.42 Å². The van der Waals surface area contributed by atoms with Crippen LogP contribution in [0.15, 0.2) is 36.5 Å². The van der Waals surface area contributed by atoms with Crippen LogP contribution in [0.2, 0.25) is 0 Å². The molecule has 0 spiro atoms. The molecule has 5 heteroatoms. The van der Waals surface area contributed by atoms with Gasteiger partial charge in [-0.25, -0.2) is 0 Å². The lowest BCUT2D eigenvalue weighted by Crippen LogP contribution is -2.18. The van der Waals surface area contributed by atoms with Crippen LogP contribution >= 0.6 is 11.5 Å². The Kier molecular flexibility index (Phi) is 3.71. The van der Waals surface area contributed by atoms with E-state index in [1.807, 2.05) is 32.3 Å². The molecule has 3 rings (SSSR count). The highest BCUT2D eigenvalue weighted by Crippen LogP contribution is 2.26. The number of likely N-dealkylation sites (N-methyl/N-ethyl adjacent to an activating group) is 1. The van der Waals surface area contributed by atoms with Gasteiger partial charge in [-0.05, 0) is 49.6 Å². The van der Waals surface area contributed by atoms with Crippen molar-refractivity contribution in [2.24, 2.45) is 0 Å². The lowest BCUT2D eigenvalue weighted by Gasteiger charge is -2.15. The van der Waals surface area contributed by atoms with Crippen molar-refractivity contribution >= 4 is 22.4 Å². The predicted octanol–water partition coefficient (Wildman–Crippen LogP) is 2.90. The minimum atomic E-state index is 0.237. The quantitative estimate of drug-likeness (QED) is 0.800. The summed E-state index contributed by atoms with van der Waals surface area (Å²) < 4.78 is 4.03. The fraction of sp³-hybridized carbons (Fsp3) is 0.267. The standard InChI is InChI=1S/C15H16N4S/c1-10-15(20-19-18-10)14(16-2)9-11-7-8-17-13-6-4-3-5-12(11)13/h3-8,14,16H,9H2,1-2H3. The van der Waals surface area contributed by atoms with Gasteiger partial charge >= 0.3 is 0 Å². The minimum absolute atomic E-state index is 0.237. The average Bonchev–Trinajstić information content (AvgIpc) is 2.91. The third kappa shape index (κ3) is 2.42. The fourth-order valence-corrected chi connectivity index (χ4v) is 3.19. The molecule has 0 fully saturated rings. The van der Waals surface area contributed by atoms with Crippen molar-refractivity contribution in [3.05, 3.63) is 52.7 Å². The highest BCUT2D eigenvalue weighted by Gasteiger charge is 2.17. The van der Waals surface area contributed by atoms with Gasteiger partial charge in [0.2, 0.25) is 0 Å². The van der Waals surface area contributed by atoms with Gasteiger partial charge in [0.15, 0.2) is 0 Å². The third-order valence-electron chi connectivity index (χ3n) is 3.51. The normalized spacial score (nSPS) is 12.7. The van der Waals surface area contributed by atoms with Crippen molar-refractivity contribution in [1.29, 1.82) is 0 Å². The van der Waals surface area contributed by atoms with Gasteiger partial charge in [0.1, 0.15) is 0 Å². The molecule has 0 aliphatic rings. The third-order valence-corrected chi connectivity index (χ3v) is 4.45. The molecule has 0 aliphatic heterocycles. The molecule has 1 aromatic carbocycles. The maximum Gasteiger partial charge on any atom is 0.0772 e. The number of aromatic nitrogens is 3. The predicted molar refractivity (Wildman–Crippen MR) is 81.9 cm³/mol. The second kappa shape index (κ2) is 5.64. The Hall–Kier alpha value is -1.85. The van der Waals surface area contributed by atoms with Crippen LogP contribution in [0.1, 0.15) is 22.2 Å². The van der Waals surface area contributed by atoms with Crippen LogP contribution in [0.3, 0.4) is 0 Å². The molecule has 0 amide bonds. The number of hydrogen-bond acceptors (Lipinski definition) is 5. The Bertz CT molecular complexity index is 717. The summed E-state index contributed by atoms with van der Waals surface area (Å²) in [5, 5.41) is 8.69. The van der Waals surface area contributed by atoms with Crippen molar-refractivity contribution in [3.8, 4) is 0 Å². The first-order valence-corrected chi connectivity index (χ1v) is 7.35. The monoisotopic (exact) mass is 284 g/mol. The summed E-state index contributed by atoms with van der Waals surface area (Å²) in [4.78, 5) is 5.61. The van der Waals surface area contributed by atoms with Crippen molar-refractivity contribution in [2.75, 3.05) is 7.05 Å². The Morgan fingerprint density at radius 1 is 1.25 bits per heavy atom. The number of para-hydroxylation sites is 1. The minimum Gasteiger partial charge on any atom is -0.312 e. The summed E-state index contributed by atoms with van der Waals surface area (Å²) in [6.45, 7) is 2.01. The molecule has 1 unspecified atom stereocenters. The van der Waals surface area contributed by atoms with Gasteiger partial charge in [-0.3, -0.25) is 4.98 Å². The molecule has 2 heterocycles. The molecule has 1 N–H and O–H groups in total. The maximum absolute atomic E-state index is 4.41. The molecular weight excluding hydrogens is 268 g/mol. The van der Waals surface area contributed by atoms with E-state index in [2.05, 4.69) is 38.1 Å². The number of hydrogen-bond donors (Lipinski definition) is 1. The Balaban J connectivity index is 1.98. The fourth-order valence-electron chi connectivity index (χ4n) is 2.44. The van der Waals surface area contributed by atoms with Crippen LogP contribution in [0.4, 0.5) is 0 Å². The highest BCUT2D eigenvalue weighted by molar-refractivity contribution is 7.05. The topological polar surface area (TPSA) is 50.7 Å². The number of nitrogens with zero attached hydrogens (tertiary/aromatic N) is 3. The van der Waals surface area contributed by atoms with Gasteiger partial charge in [0.05, 0.1) is 16.1 Å². The van der Waals surface area contributed by atoms with Gasteiger partial charge in [-0.1, -0.05) is 22.7 Å². The molecule has 0 radical (unpaired) electrons. The first kappa shape index (κ1) is 13.1. The zero-order chi connectivity index (χ0) is 13.9. The second-order valence-corrected chi connectivity index (χ2v) is 5.54. The lowest BCUT2D eigenvalue weighted by molar-refractivity contribution is 0.599. The summed E-state index contributed by atoms with van der Waals surface area (Å²) in [6.07, 6.45) is 2.78. The summed E-state index contributed by atoms with van der Waals surface area (Å²) in [7, 11) is 1.98. The summed E-state index contributed by atoms with van der Waals surface area (Å²) in [5.41, 5.74) is 3.34. The van der Waals surface area contributed by atoms with Crippen molar-refractivity contribution in [3.63, 3.8) is 0 Å². The summed E-state index contributed by atoms with van der Waals surface area (Å²) in [6, 6.07) is 10.6. The lowest BCUT2D eigenvalue weighted by atomic mass is 10.0. The van der Waals surface area contributed by atoms with E-state index in [1.54, 1.807) is 0 Å². The van der Waals surface area contributed by atoms with E-state index < -0.39 is 0 Å². The van der Waals surface area contributed by atoms with Gasteiger partial charge in [-0.15, -0.1) is 5.10 Å². The van der Waals surface area contributed by atoms with Gasteiger partial charge in [0, 0.05) is 17.6 Å². The molecule has 4 nitrogen and oxygen atoms in total. The SMILES string of the molecule is CNC(Cc1ccnc2ccccc12)c1snnc1C. The number of pyridine rings is 1. The molecule has 20 heavy (non-hydrogen) atoms. The molecule has 102 valence electrons. The van der Waals surface area contributed by atoms with Crippen molar-refractivity contribution in [1.82, 2.24) is 19.9 Å². The molecule has 2 aromatic heterocycles. The zero-order valence-electron chi connectivity index (χ0n) is 11.5. The van der Waals surface area contributed by atoms with Crippen LogP contribution < -0.4 is 5.32 Å². The zero-order valence-corrected chi connectivity index (χ0v) is 12.3. The molecular formula is C15H16N4S. The van der Waals surface area contributed by atoms with Gasteiger partial charge < -0.3 is 5.32 Å². The molecule has 0 bridgehead atoms. The highest BCUT2D eigenvalue weighted by atomic mass is 32.1. The van der Waals surface area contributed by atoms with E-state index in [0.29, 0.717) is 0 Å². The van der Waals surface area contributed by atoms with Crippen LogP contribution in [0, 0.1) is 6.92 Å². The molecule has 3 aromatic rings. The Morgan fingerprint density at radius 2 is 2.10 bits per heavy atom. The molecule has 0 aliphatic carbocycles. The molecule has 0 saturated heterocycles. The number of aryl methyl sites for hydroxylation is 1. The summed E-state index contributed by atoms with van der Waals surface area (Å²) in [5.74, 6) is 0. The summed E-state index contributed by atoms with van der Waals surface area (Å²) >= 11 is 1.47. The average molecular weight is 284 g/mol. The van der Waals surface area contributed by atoms with E-state index in [9.17, 15) is 0 Å². The van der Waals surface area contributed by atoms with Gasteiger partial charge in [0.25, 0.3) is 0 Å². The van der Waals surface area contributed by atoms with Crippen LogP contribution in [0.5, 0.6) is 0 Å². The van der Waals surface area contributed by atoms with Crippen molar-refractivity contribution < 1.29 is 0 Å². The van der Waals surface area contributed by atoms with Crippen LogP contribution in [-0.4, -0.2) is 21.6 Å². The van der Waals surface area contributed by atoms with E-state index >= 15 is 0 Å². The van der Waals surface area contributed by atoms with E-state index in [4.69, 9.17) is 0 Å². The largest absolute Gasteiger partial charge is 0.312 e. The van der Waals surface area contributed by atoms with Crippen molar-refractivity contribution in [2.45, 2.75) is 19.4 Å². The van der Waals surface area contributed by atoms with Gasteiger partial charge in [-0.2, -0.15) is 0 Å². The maximum atomic E-state index is 4.41.